The third-order valence-electron chi connectivity index (χ3n) is 2.83. The zero-order valence-electron chi connectivity index (χ0n) is 11.3. The number of hydrogen-bond donors (Lipinski definition) is 2. The number of nitrogens with one attached hydrogen (secondary N) is 1. The highest BCUT2D eigenvalue weighted by atomic mass is 16.5. The van der Waals surface area contributed by atoms with Gasteiger partial charge >= 0.3 is 0 Å². The first-order valence-electron chi connectivity index (χ1n) is 6.15. The number of amides is 1. The van der Waals surface area contributed by atoms with Gasteiger partial charge in [-0.3, -0.25) is 4.79 Å². The van der Waals surface area contributed by atoms with Gasteiger partial charge in [-0.1, -0.05) is 38.1 Å². The van der Waals surface area contributed by atoms with E-state index < -0.39 is 0 Å². The van der Waals surface area contributed by atoms with Crippen molar-refractivity contribution in [3.8, 4) is 0 Å². The molecule has 0 aliphatic rings. The van der Waals surface area contributed by atoms with Crippen LogP contribution in [0.1, 0.15) is 36.9 Å². The van der Waals surface area contributed by atoms with E-state index >= 15 is 0 Å². The molecule has 1 atom stereocenters. The molecule has 18 heavy (non-hydrogen) atoms. The van der Waals surface area contributed by atoms with Gasteiger partial charge in [-0.2, -0.15) is 0 Å². The van der Waals surface area contributed by atoms with Gasteiger partial charge in [0, 0.05) is 19.7 Å². The SMILES string of the molecule is COCC(=O)NCC(N)c1ccc(C(C)C)cc1. The first kappa shape index (κ1) is 14.7. The normalized spacial score (nSPS) is 12.5. The van der Waals surface area contributed by atoms with Crippen LogP contribution in [0.2, 0.25) is 0 Å². The van der Waals surface area contributed by atoms with Crippen LogP contribution < -0.4 is 11.1 Å². The highest BCUT2D eigenvalue weighted by Gasteiger charge is 2.08. The second-order valence-electron chi connectivity index (χ2n) is 4.66. The lowest BCUT2D eigenvalue weighted by molar-refractivity contribution is -0.124. The highest BCUT2D eigenvalue weighted by Crippen LogP contribution is 2.17. The number of benzene rings is 1. The van der Waals surface area contributed by atoms with Gasteiger partial charge in [-0.25, -0.2) is 0 Å². The minimum absolute atomic E-state index is 0.0685. The summed E-state index contributed by atoms with van der Waals surface area (Å²) in [7, 11) is 1.49. The van der Waals surface area contributed by atoms with E-state index in [2.05, 4.69) is 31.3 Å². The summed E-state index contributed by atoms with van der Waals surface area (Å²) in [5, 5.41) is 2.73. The fraction of sp³-hybridized carbons (Fsp3) is 0.500. The van der Waals surface area contributed by atoms with E-state index in [0.29, 0.717) is 12.5 Å². The molecule has 1 aromatic carbocycles. The molecule has 3 N–H and O–H groups in total. The Kier molecular flexibility index (Phi) is 5.82. The summed E-state index contributed by atoms with van der Waals surface area (Å²) >= 11 is 0. The van der Waals surface area contributed by atoms with Crippen molar-refractivity contribution in [1.82, 2.24) is 5.32 Å². The second kappa shape index (κ2) is 7.13. The summed E-state index contributed by atoms with van der Waals surface area (Å²) in [5.74, 6) is 0.364. The molecule has 1 amide bonds. The lowest BCUT2D eigenvalue weighted by Crippen LogP contribution is -2.34. The molecule has 0 saturated heterocycles. The standard InChI is InChI=1S/C14H22N2O2/c1-10(2)11-4-6-12(7-5-11)13(15)8-16-14(17)9-18-3/h4-7,10,13H,8-9,15H2,1-3H3,(H,16,17). The molecular formula is C14H22N2O2. The van der Waals surface area contributed by atoms with Crippen LogP contribution in [0.4, 0.5) is 0 Å². The molecule has 4 nitrogen and oxygen atoms in total. The Morgan fingerprint density at radius 3 is 2.33 bits per heavy atom. The smallest absolute Gasteiger partial charge is 0.246 e. The molecule has 1 unspecified atom stereocenters. The second-order valence-corrected chi connectivity index (χ2v) is 4.66. The van der Waals surface area contributed by atoms with Crippen LogP contribution in [-0.2, 0) is 9.53 Å². The number of carbonyl (C=O) groups is 1. The molecule has 0 radical (unpaired) electrons. The van der Waals surface area contributed by atoms with Crippen LogP contribution in [0.15, 0.2) is 24.3 Å². The van der Waals surface area contributed by atoms with Crippen molar-refractivity contribution in [2.24, 2.45) is 5.73 Å². The molecular weight excluding hydrogens is 228 g/mol. The van der Waals surface area contributed by atoms with Crippen molar-refractivity contribution in [3.63, 3.8) is 0 Å². The molecule has 0 aliphatic heterocycles. The minimum atomic E-state index is -0.188. The molecule has 1 aromatic rings. The van der Waals surface area contributed by atoms with Crippen molar-refractivity contribution in [2.45, 2.75) is 25.8 Å². The average Bonchev–Trinajstić information content (AvgIpc) is 2.36. The Hall–Kier alpha value is -1.39. The van der Waals surface area contributed by atoms with Gasteiger partial charge < -0.3 is 15.8 Å². The van der Waals surface area contributed by atoms with Crippen molar-refractivity contribution in [1.29, 1.82) is 0 Å². The van der Waals surface area contributed by atoms with Crippen LogP contribution >= 0.6 is 0 Å². The van der Waals surface area contributed by atoms with E-state index in [9.17, 15) is 4.79 Å². The Bertz CT molecular complexity index is 374. The van der Waals surface area contributed by atoms with Crippen LogP contribution in [0.5, 0.6) is 0 Å². The maximum atomic E-state index is 11.2. The number of methoxy groups -OCH3 is 1. The number of ether oxygens (including phenoxy) is 1. The van der Waals surface area contributed by atoms with Gasteiger partial charge in [0.2, 0.25) is 5.91 Å². The predicted octanol–water partition coefficient (Wildman–Crippen LogP) is 1.57. The molecule has 0 aliphatic carbocycles. The van der Waals surface area contributed by atoms with Gasteiger partial charge in [0.05, 0.1) is 0 Å². The van der Waals surface area contributed by atoms with Crippen molar-refractivity contribution < 1.29 is 9.53 Å². The monoisotopic (exact) mass is 250 g/mol. The van der Waals surface area contributed by atoms with Crippen molar-refractivity contribution >= 4 is 5.91 Å². The van der Waals surface area contributed by atoms with Gasteiger partial charge in [0.25, 0.3) is 0 Å². The largest absolute Gasteiger partial charge is 0.375 e. The third-order valence-corrected chi connectivity index (χ3v) is 2.83. The van der Waals surface area contributed by atoms with Crippen LogP contribution in [0, 0.1) is 0 Å². The summed E-state index contributed by atoms with van der Waals surface area (Å²) < 4.78 is 4.73. The Labute approximate surface area is 109 Å². The highest BCUT2D eigenvalue weighted by molar-refractivity contribution is 5.77. The summed E-state index contributed by atoms with van der Waals surface area (Å²) in [6.45, 7) is 4.79. The lowest BCUT2D eigenvalue weighted by Gasteiger charge is -2.14. The first-order chi connectivity index (χ1) is 8.54. The molecule has 0 fully saturated rings. The summed E-state index contributed by atoms with van der Waals surface area (Å²) in [6.07, 6.45) is 0. The quantitative estimate of drug-likeness (QED) is 0.805. The van der Waals surface area contributed by atoms with Gasteiger partial charge in [0.15, 0.2) is 0 Å². The summed E-state index contributed by atoms with van der Waals surface area (Å²) in [6, 6.07) is 8.01. The molecule has 0 saturated carbocycles. The van der Waals surface area contributed by atoms with Crippen molar-refractivity contribution in [2.75, 3.05) is 20.3 Å². The zero-order valence-corrected chi connectivity index (χ0v) is 11.3. The maximum absolute atomic E-state index is 11.2. The summed E-state index contributed by atoms with van der Waals surface area (Å²) in [5.41, 5.74) is 8.32. The van der Waals surface area contributed by atoms with Gasteiger partial charge in [-0.05, 0) is 17.0 Å². The zero-order chi connectivity index (χ0) is 13.5. The Morgan fingerprint density at radius 2 is 1.83 bits per heavy atom. The van der Waals surface area contributed by atoms with Gasteiger partial charge in [0.1, 0.15) is 6.61 Å². The van der Waals surface area contributed by atoms with Crippen LogP contribution in [0.3, 0.4) is 0 Å². The number of carbonyl (C=O) groups excluding carboxylic acids is 1. The van der Waals surface area contributed by atoms with Crippen LogP contribution in [-0.4, -0.2) is 26.2 Å². The molecule has 100 valence electrons. The van der Waals surface area contributed by atoms with E-state index in [0.717, 1.165) is 5.56 Å². The number of nitrogens with two attached hydrogens (primary N) is 1. The molecule has 4 heteroatoms. The molecule has 1 rings (SSSR count). The lowest BCUT2D eigenvalue weighted by atomic mass is 9.99. The van der Waals surface area contributed by atoms with Crippen LogP contribution in [0.25, 0.3) is 0 Å². The number of rotatable bonds is 6. The van der Waals surface area contributed by atoms with E-state index in [1.165, 1.54) is 12.7 Å². The third kappa shape index (κ3) is 4.47. The topological polar surface area (TPSA) is 64.3 Å². The van der Waals surface area contributed by atoms with E-state index in [-0.39, 0.29) is 18.6 Å². The summed E-state index contributed by atoms with van der Waals surface area (Å²) in [4.78, 5) is 11.2. The maximum Gasteiger partial charge on any atom is 0.246 e. The average molecular weight is 250 g/mol. The van der Waals surface area contributed by atoms with Crippen molar-refractivity contribution in [3.05, 3.63) is 35.4 Å². The Morgan fingerprint density at radius 1 is 1.28 bits per heavy atom. The molecule has 0 bridgehead atoms. The number of hydrogen-bond acceptors (Lipinski definition) is 3. The van der Waals surface area contributed by atoms with E-state index in [1.807, 2.05) is 12.1 Å². The molecule has 0 spiro atoms. The fourth-order valence-electron chi connectivity index (χ4n) is 1.65. The van der Waals surface area contributed by atoms with E-state index in [4.69, 9.17) is 10.5 Å². The molecule has 0 heterocycles. The fourth-order valence-corrected chi connectivity index (χ4v) is 1.65. The minimum Gasteiger partial charge on any atom is -0.375 e. The predicted molar refractivity (Wildman–Crippen MR) is 72.3 cm³/mol. The van der Waals surface area contributed by atoms with E-state index in [1.54, 1.807) is 0 Å². The molecule has 0 aromatic heterocycles. The van der Waals surface area contributed by atoms with Gasteiger partial charge in [-0.15, -0.1) is 0 Å². The Balaban J connectivity index is 2.51. The first-order valence-corrected chi connectivity index (χ1v) is 6.15.